The zero-order chi connectivity index (χ0) is 18.5. The van der Waals surface area contributed by atoms with E-state index in [2.05, 4.69) is 10.2 Å². The van der Waals surface area contributed by atoms with Crippen molar-refractivity contribution in [3.05, 3.63) is 63.5 Å². The summed E-state index contributed by atoms with van der Waals surface area (Å²) in [5, 5.41) is 31.1. The number of nitriles is 1. The molecule has 2 heterocycles. The lowest BCUT2D eigenvalue weighted by Crippen LogP contribution is -1.99. The van der Waals surface area contributed by atoms with Gasteiger partial charge in [0.2, 0.25) is 0 Å². The Hall–Kier alpha value is -2.96. The summed E-state index contributed by atoms with van der Waals surface area (Å²) in [5.41, 5.74) is 0.720. The molecule has 1 aromatic carbocycles. The Morgan fingerprint density at radius 1 is 1.38 bits per heavy atom. The monoisotopic (exact) mass is 383 g/mol. The molecular formula is C17H13N5O2S2. The second-order valence-corrected chi connectivity index (χ2v) is 7.03. The Morgan fingerprint density at radius 2 is 2.15 bits per heavy atom. The Balaban J connectivity index is 1.93. The summed E-state index contributed by atoms with van der Waals surface area (Å²) in [6.45, 7) is 2.69. The standard InChI is InChI=1S/C17H13N5O2S2/c1-2-21-16(15-4-3-11-25-15)19-20-17(21)26-14(9-10-18)12-5-7-13(8-6-12)22(23)24/h3-9,11H,2H2,1H3/b14-9-. The SMILES string of the molecule is CCn1c(S/C(=C\C#N)c2ccc([N+](=O)[O-])cc2)nnc1-c1cccs1. The number of aromatic nitrogens is 3. The molecule has 130 valence electrons. The Morgan fingerprint density at radius 3 is 2.73 bits per heavy atom. The molecule has 2 aromatic heterocycles. The van der Waals surface area contributed by atoms with Gasteiger partial charge in [0.05, 0.1) is 15.9 Å². The topological polar surface area (TPSA) is 97.6 Å². The molecule has 0 saturated heterocycles. The summed E-state index contributed by atoms with van der Waals surface area (Å²) in [6.07, 6.45) is 1.41. The third-order valence-corrected chi connectivity index (χ3v) is 5.46. The van der Waals surface area contributed by atoms with E-state index in [1.165, 1.54) is 30.0 Å². The lowest BCUT2D eigenvalue weighted by molar-refractivity contribution is -0.384. The van der Waals surface area contributed by atoms with Crippen LogP contribution in [0.3, 0.4) is 0 Å². The van der Waals surface area contributed by atoms with Gasteiger partial charge in [-0.2, -0.15) is 5.26 Å². The fraction of sp³-hybridized carbons (Fsp3) is 0.118. The van der Waals surface area contributed by atoms with Crippen LogP contribution in [0.25, 0.3) is 15.6 Å². The lowest BCUT2D eigenvalue weighted by atomic mass is 10.2. The van der Waals surface area contributed by atoms with E-state index < -0.39 is 4.92 Å². The first-order chi connectivity index (χ1) is 12.6. The highest BCUT2D eigenvalue weighted by molar-refractivity contribution is 8.08. The molecule has 0 spiro atoms. The second kappa shape index (κ2) is 7.95. The quantitative estimate of drug-likeness (QED) is 0.267. The maximum absolute atomic E-state index is 10.8. The van der Waals surface area contributed by atoms with Crippen LogP contribution < -0.4 is 0 Å². The summed E-state index contributed by atoms with van der Waals surface area (Å²) >= 11 is 2.90. The number of allylic oxidation sites excluding steroid dienone is 1. The van der Waals surface area contributed by atoms with Crippen LogP contribution in [0, 0.1) is 21.4 Å². The van der Waals surface area contributed by atoms with Crippen LogP contribution in [0.2, 0.25) is 0 Å². The van der Waals surface area contributed by atoms with E-state index in [0.717, 1.165) is 10.7 Å². The van der Waals surface area contributed by atoms with Gasteiger partial charge in [-0.15, -0.1) is 21.5 Å². The molecule has 0 aliphatic carbocycles. The Kier molecular flexibility index (Phi) is 5.46. The molecule has 7 nitrogen and oxygen atoms in total. The molecule has 0 radical (unpaired) electrons. The molecule has 0 bridgehead atoms. The minimum atomic E-state index is -0.453. The molecule has 9 heteroatoms. The van der Waals surface area contributed by atoms with Crippen molar-refractivity contribution in [1.29, 1.82) is 5.26 Å². The van der Waals surface area contributed by atoms with Crippen molar-refractivity contribution in [2.75, 3.05) is 0 Å². The number of nitro groups is 1. The van der Waals surface area contributed by atoms with Crippen LogP contribution in [-0.2, 0) is 6.54 Å². The third kappa shape index (κ3) is 3.66. The number of non-ortho nitro benzene ring substituents is 1. The number of benzene rings is 1. The number of hydrogen-bond donors (Lipinski definition) is 0. The zero-order valence-electron chi connectivity index (χ0n) is 13.7. The highest BCUT2D eigenvalue weighted by Gasteiger charge is 2.17. The van der Waals surface area contributed by atoms with Crippen molar-refractivity contribution in [3.63, 3.8) is 0 Å². The summed E-state index contributed by atoms with van der Waals surface area (Å²) < 4.78 is 1.98. The lowest BCUT2D eigenvalue weighted by Gasteiger charge is -2.08. The Bertz CT molecular complexity index is 985. The van der Waals surface area contributed by atoms with Crippen molar-refractivity contribution in [3.8, 4) is 16.8 Å². The fourth-order valence-electron chi connectivity index (χ4n) is 2.31. The molecule has 0 atom stereocenters. The molecule has 0 aliphatic heterocycles. The van der Waals surface area contributed by atoms with Crippen molar-refractivity contribution < 1.29 is 4.92 Å². The smallest absolute Gasteiger partial charge is 0.269 e. The third-order valence-electron chi connectivity index (χ3n) is 3.53. The van der Waals surface area contributed by atoms with Crippen molar-refractivity contribution in [2.45, 2.75) is 18.6 Å². The van der Waals surface area contributed by atoms with Crippen LogP contribution in [0.1, 0.15) is 12.5 Å². The number of nitro benzene ring substituents is 1. The van der Waals surface area contributed by atoms with Crippen molar-refractivity contribution in [1.82, 2.24) is 14.8 Å². The molecule has 0 amide bonds. The fourth-order valence-corrected chi connectivity index (χ4v) is 4.00. The summed E-state index contributed by atoms with van der Waals surface area (Å²) in [4.78, 5) is 12.0. The highest BCUT2D eigenvalue weighted by Crippen LogP contribution is 2.36. The first-order valence-electron chi connectivity index (χ1n) is 7.63. The predicted octanol–water partition coefficient (Wildman–Crippen LogP) is 4.59. The van der Waals surface area contributed by atoms with Crippen LogP contribution in [-0.4, -0.2) is 19.7 Å². The van der Waals surface area contributed by atoms with Gasteiger partial charge in [0.1, 0.15) is 0 Å². The molecular weight excluding hydrogens is 370 g/mol. The zero-order valence-corrected chi connectivity index (χ0v) is 15.3. The van der Waals surface area contributed by atoms with Gasteiger partial charge in [0.15, 0.2) is 11.0 Å². The van der Waals surface area contributed by atoms with Gasteiger partial charge >= 0.3 is 0 Å². The number of nitrogens with zero attached hydrogens (tertiary/aromatic N) is 5. The van der Waals surface area contributed by atoms with Gasteiger partial charge in [-0.1, -0.05) is 6.07 Å². The average molecular weight is 383 g/mol. The van der Waals surface area contributed by atoms with Gasteiger partial charge in [-0.3, -0.25) is 10.1 Å². The van der Waals surface area contributed by atoms with E-state index in [0.29, 0.717) is 22.2 Å². The highest BCUT2D eigenvalue weighted by atomic mass is 32.2. The molecule has 3 rings (SSSR count). The van der Waals surface area contributed by atoms with E-state index in [1.807, 2.05) is 35.1 Å². The van der Waals surface area contributed by atoms with Crippen molar-refractivity contribution >= 4 is 33.7 Å². The molecule has 26 heavy (non-hydrogen) atoms. The van der Waals surface area contributed by atoms with E-state index in [4.69, 9.17) is 5.26 Å². The van der Waals surface area contributed by atoms with Gasteiger partial charge in [-0.05, 0) is 47.8 Å². The molecule has 3 aromatic rings. The maximum Gasteiger partial charge on any atom is 0.269 e. The first kappa shape index (κ1) is 17.8. The summed E-state index contributed by atoms with van der Waals surface area (Å²) in [7, 11) is 0. The summed E-state index contributed by atoms with van der Waals surface area (Å²) in [6, 6.07) is 12.1. The molecule has 0 aliphatic rings. The average Bonchev–Trinajstić information content (AvgIpc) is 3.30. The number of thiophene rings is 1. The van der Waals surface area contributed by atoms with E-state index >= 15 is 0 Å². The molecule has 0 saturated carbocycles. The normalized spacial score (nSPS) is 11.3. The van der Waals surface area contributed by atoms with Crippen LogP contribution in [0.4, 0.5) is 5.69 Å². The van der Waals surface area contributed by atoms with Gasteiger partial charge in [0.25, 0.3) is 5.69 Å². The maximum atomic E-state index is 10.8. The van der Waals surface area contributed by atoms with E-state index in [1.54, 1.807) is 23.5 Å². The Labute approximate surface area is 157 Å². The predicted molar refractivity (Wildman–Crippen MR) is 102 cm³/mol. The van der Waals surface area contributed by atoms with Crippen molar-refractivity contribution in [2.24, 2.45) is 0 Å². The molecule has 0 fully saturated rings. The van der Waals surface area contributed by atoms with Crippen LogP contribution in [0.5, 0.6) is 0 Å². The first-order valence-corrected chi connectivity index (χ1v) is 9.33. The van der Waals surface area contributed by atoms with Crippen LogP contribution >= 0.6 is 23.1 Å². The number of rotatable bonds is 6. The van der Waals surface area contributed by atoms with Gasteiger partial charge < -0.3 is 4.57 Å². The van der Waals surface area contributed by atoms with Gasteiger partial charge in [-0.25, -0.2) is 0 Å². The van der Waals surface area contributed by atoms with Crippen LogP contribution in [0.15, 0.2) is 53.0 Å². The largest absolute Gasteiger partial charge is 0.301 e. The second-order valence-electron chi connectivity index (χ2n) is 5.07. The minimum absolute atomic E-state index is 0.00626. The summed E-state index contributed by atoms with van der Waals surface area (Å²) in [5.74, 6) is 0.782. The minimum Gasteiger partial charge on any atom is -0.301 e. The molecule has 0 N–H and O–H groups in total. The molecule has 0 unspecified atom stereocenters. The van der Waals surface area contributed by atoms with Gasteiger partial charge in [0, 0.05) is 29.7 Å². The number of thioether (sulfide) groups is 1. The number of hydrogen-bond acceptors (Lipinski definition) is 7. The van der Waals surface area contributed by atoms with E-state index in [-0.39, 0.29) is 5.69 Å². The van der Waals surface area contributed by atoms with E-state index in [9.17, 15) is 10.1 Å².